The number of carbonyl (C=O) groups excluding carboxylic acids is 1. The maximum Gasteiger partial charge on any atom is 0.295 e. The average Bonchev–Trinajstić information content (AvgIpc) is 3.12. The Bertz CT molecular complexity index is 709. The van der Waals surface area contributed by atoms with Crippen LogP contribution < -0.4 is 5.73 Å². The van der Waals surface area contributed by atoms with Gasteiger partial charge in [0.15, 0.2) is 0 Å². The molecule has 0 bridgehead atoms. The molecule has 148 valence electrons. The van der Waals surface area contributed by atoms with Crippen LogP contribution in [-0.4, -0.2) is 66.1 Å². The van der Waals surface area contributed by atoms with Gasteiger partial charge in [0.1, 0.15) is 11.5 Å². The highest BCUT2D eigenvalue weighted by Gasteiger charge is 2.31. The molecule has 0 saturated carbocycles. The second-order valence-corrected chi connectivity index (χ2v) is 7.08. The van der Waals surface area contributed by atoms with Gasteiger partial charge in [0, 0.05) is 19.6 Å². The summed E-state index contributed by atoms with van der Waals surface area (Å²) in [6.45, 7) is 4.54. The third-order valence-electron chi connectivity index (χ3n) is 5.19. The highest BCUT2D eigenvalue weighted by atomic mass is 19.1. The van der Waals surface area contributed by atoms with Crippen molar-refractivity contribution in [3.05, 3.63) is 33.6 Å². The topological polar surface area (TPSA) is 102 Å². The maximum absolute atomic E-state index is 13.7. The lowest BCUT2D eigenvalue weighted by atomic mass is 10.1. The molecule has 27 heavy (non-hydrogen) atoms. The van der Waals surface area contributed by atoms with Gasteiger partial charge < -0.3 is 20.3 Å². The van der Waals surface area contributed by atoms with Gasteiger partial charge in [0.05, 0.1) is 29.3 Å². The Hall–Kier alpha value is -2.26. The summed E-state index contributed by atoms with van der Waals surface area (Å²) in [7, 11) is 0. The smallest absolute Gasteiger partial charge is 0.295 e. The quantitative estimate of drug-likeness (QED) is 0.460. The molecule has 1 atom stereocenters. The van der Waals surface area contributed by atoms with Gasteiger partial charge in [-0.1, -0.05) is 6.42 Å². The van der Waals surface area contributed by atoms with E-state index in [0.717, 1.165) is 31.8 Å². The number of anilines is 1. The molecule has 1 aromatic rings. The third kappa shape index (κ3) is 4.72. The number of nitro groups is 1. The van der Waals surface area contributed by atoms with E-state index in [9.17, 15) is 19.3 Å². The second-order valence-electron chi connectivity index (χ2n) is 7.08. The minimum atomic E-state index is -0.854. The van der Waals surface area contributed by atoms with Crippen LogP contribution in [-0.2, 0) is 4.74 Å². The number of likely N-dealkylation sites (tertiary alicyclic amines) is 2. The molecular formula is C18H25FN4O4. The van der Waals surface area contributed by atoms with Gasteiger partial charge in [-0.15, -0.1) is 0 Å². The van der Waals surface area contributed by atoms with Gasteiger partial charge >= 0.3 is 0 Å². The zero-order valence-corrected chi connectivity index (χ0v) is 15.2. The Morgan fingerprint density at radius 3 is 2.74 bits per heavy atom. The van der Waals surface area contributed by atoms with Crippen LogP contribution in [0.3, 0.4) is 0 Å². The first-order valence-corrected chi connectivity index (χ1v) is 9.32. The van der Waals surface area contributed by atoms with Crippen molar-refractivity contribution in [2.75, 3.05) is 45.1 Å². The lowest BCUT2D eigenvalue weighted by molar-refractivity contribution is -0.384. The van der Waals surface area contributed by atoms with Crippen molar-refractivity contribution < 1.29 is 18.8 Å². The molecule has 2 heterocycles. The fraction of sp³-hybridized carbons (Fsp3) is 0.611. The fourth-order valence-electron chi connectivity index (χ4n) is 3.68. The van der Waals surface area contributed by atoms with Crippen LogP contribution in [0.5, 0.6) is 0 Å². The van der Waals surface area contributed by atoms with Crippen molar-refractivity contribution in [1.29, 1.82) is 0 Å². The number of halogens is 1. The lowest BCUT2D eigenvalue weighted by Gasteiger charge is -2.26. The first-order valence-electron chi connectivity index (χ1n) is 9.32. The van der Waals surface area contributed by atoms with E-state index in [-0.39, 0.29) is 17.4 Å². The zero-order chi connectivity index (χ0) is 19.4. The van der Waals surface area contributed by atoms with Crippen LogP contribution in [0.25, 0.3) is 0 Å². The number of nitrogens with two attached hydrogens (primary N) is 1. The maximum atomic E-state index is 13.7. The minimum Gasteiger partial charge on any atom is -0.393 e. The first kappa shape index (κ1) is 19.5. The number of hydrogen-bond acceptors (Lipinski definition) is 6. The Kier molecular flexibility index (Phi) is 6.22. The molecule has 3 rings (SSSR count). The molecule has 2 aliphatic heterocycles. The summed E-state index contributed by atoms with van der Waals surface area (Å²) in [5.74, 6) is -1.36. The summed E-state index contributed by atoms with van der Waals surface area (Å²) in [4.78, 5) is 26.7. The molecule has 2 saturated heterocycles. The van der Waals surface area contributed by atoms with Crippen molar-refractivity contribution in [3.8, 4) is 0 Å². The Morgan fingerprint density at radius 1 is 1.30 bits per heavy atom. The van der Waals surface area contributed by atoms with Crippen molar-refractivity contribution in [3.63, 3.8) is 0 Å². The van der Waals surface area contributed by atoms with E-state index in [1.54, 1.807) is 0 Å². The summed E-state index contributed by atoms with van der Waals surface area (Å²) in [5.41, 5.74) is 4.66. The Morgan fingerprint density at radius 2 is 2.04 bits per heavy atom. The summed E-state index contributed by atoms with van der Waals surface area (Å²) >= 11 is 0. The van der Waals surface area contributed by atoms with Crippen LogP contribution in [0.15, 0.2) is 12.1 Å². The number of nitrogens with zero attached hydrogens (tertiary/aromatic N) is 3. The van der Waals surface area contributed by atoms with Crippen molar-refractivity contribution >= 4 is 17.3 Å². The van der Waals surface area contributed by atoms with Gasteiger partial charge in [-0.25, -0.2) is 4.39 Å². The molecule has 0 aliphatic carbocycles. The summed E-state index contributed by atoms with van der Waals surface area (Å²) in [5, 5.41) is 11.0. The summed E-state index contributed by atoms with van der Waals surface area (Å²) in [6, 6.07) is 1.68. The number of nitro benzene ring substituents is 1. The minimum absolute atomic E-state index is 0.0801. The molecule has 2 N–H and O–H groups in total. The monoisotopic (exact) mass is 380 g/mol. The van der Waals surface area contributed by atoms with E-state index < -0.39 is 22.3 Å². The second kappa shape index (κ2) is 8.62. The Labute approximate surface area is 157 Å². The van der Waals surface area contributed by atoms with Crippen LogP contribution in [0, 0.1) is 15.9 Å². The molecule has 1 aromatic carbocycles. The van der Waals surface area contributed by atoms with Crippen LogP contribution in [0.4, 0.5) is 15.8 Å². The van der Waals surface area contributed by atoms with Gasteiger partial charge in [0.25, 0.3) is 11.6 Å². The normalized spacial score (nSPS) is 20.8. The van der Waals surface area contributed by atoms with Crippen molar-refractivity contribution in [2.45, 2.75) is 31.8 Å². The van der Waals surface area contributed by atoms with Gasteiger partial charge in [-0.3, -0.25) is 14.9 Å². The molecular weight excluding hydrogens is 355 g/mol. The summed E-state index contributed by atoms with van der Waals surface area (Å²) < 4.78 is 19.6. The molecule has 2 aliphatic rings. The molecule has 0 radical (unpaired) electrons. The summed E-state index contributed by atoms with van der Waals surface area (Å²) in [6.07, 6.45) is 4.35. The number of carbonyl (C=O) groups is 1. The van der Waals surface area contributed by atoms with Crippen LogP contribution in [0.2, 0.25) is 0 Å². The largest absolute Gasteiger partial charge is 0.393 e. The first-order chi connectivity index (χ1) is 13.0. The molecule has 2 fully saturated rings. The molecule has 9 heteroatoms. The number of hydrogen-bond donors (Lipinski definition) is 1. The van der Waals surface area contributed by atoms with E-state index in [1.165, 1.54) is 24.2 Å². The fourth-order valence-corrected chi connectivity index (χ4v) is 3.68. The predicted octanol–water partition coefficient (Wildman–Crippen LogP) is 2.03. The van der Waals surface area contributed by atoms with Gasteiger partial charge in [-0.05, 0) is 38.4 Å². The van der Waals surface area contributed by atoms with E-state index in [1.807, 2.05) is 0 Å². The molecule has 8 nitrogen and oxygen atoms in total. The van der Waals surface area contributed by atoms with Crippen LogP contribution in [0.1, 0.15) is 36.0 Å². The zero-order valence-electron chi connectivity index (χ0n) is 15.2. The van der Waals surface area contributed by atoms with Crippen molar-refractivity contribution in [2.24, 2.45) is 0 Å². The van der Waals surface area contributed by atoms with E-state index in [2.05, 4.69) is 4.90 Å². The number of ether oxygens (including phenoxy) is 1. The third-order valence-corrected chi connectivity index (χ3v) is 5.19. The van der Waals surface area contributed by atoms with E-state index in [0.29, 0.717) is 26.1 Å². The average molecular weight is 380 g/mol. The molecule has 0 aromatic heterocycles. The number of amides is 1. The SMILES string of the molecule is Nc1c(C(=O)N2CCC(OCCN3CCCCC3)C2)cc(F)cc1[N+](=O)[O-]. The number of nitrogen functional groups attached to an aromatic ring is 1. The van der Waals surface area contributed by atoms with Gasteiger partial charge in [-0.2, -0.15) is 0 Å². The Balaban J connectivity index is 1.55. The molecule has 0 spiro atoms. The molecule has 1 unspecified atom stereocenters. The van der Waals surface area contributed by atoms with Crippen LogP contribution >= 0.6 is 0 Å². The van der Waals surface area contributed by atoms with Gasteiger partial charge in [0.2, 0.25) is 0 Å². The molecule has 1 amide bonds. The number of piperidine rings is 1. The standard InChI is InChI=1S/C18H25FN4O4/c19-13-10-15(17(20)16(11-13)23(25)26)18(24)22-7-4-14(12-22)27-9-8-21-5-2-1-3-6-21/h10-11,14H,1-9,12,20H2. The highest BCUT2D eigenvalue weighted by molar-refractivity contribution is 6.01. The number of benzene rings is 1. The number of rotatable bonds is 6. The lowest BCUT2D eigenvalue weighted by Crippen LogP contribution is -2.34. The van der Waals surface area contributed by atoms with E-state index in [4.69, 9.17) is 10.5 Å². The predicted molar refractivity (Wildman–Crippen MR) is 98.0 cm³/mol. The van der Waals surface area contributed by atoms with E-state index >= 15 is 0 Å². The van der Waals surface area contributed by atoms with Crippen molar-refractivity contribution in [1.82, 2.24) is 9.80 Å². The highest BCUT2D eigenvalue weighted by Crippen LogP contribution is 2.29.